The molecule has 5 rings (SSSR count). The van der Waals surface area contributed by atoms with Crippen molar-refractivity contribution in [1.82, 2.24) is 25.1 Å². The maximum Gasteiger partial charge on any atom is 0.151 e. The van der Waals surface area contributed by atoms with Crippen LogP contribution in [0.5, 0.6) is 0 Å². The lowest BCUT2D eigenvalue weighted by atomic mass is 9.80. The second-order valence-electron chi connectivity index (χ2n) is 7.45. The van der Waals surface area contributed by atoms with Crippen LogP contribution >= 0.6 is 22.9 Å². The van der Waals surface area contributed by atoms with Crippen LogP contribution in [0.1, 0.15) is 70.9 Å². The Morgan fingerprint density at radius 3 is 2.67 bits per heavy atom. The molecule has 140 valence electrons. The number of rotatable bonds is 2. The van der Waals surface area contributed by atoms with Crippen LogP contribution in [0.2, 0.25) is 0 Å². The zero-order valence-electron chi connectivity index (χ0n) is 15.2. The topological polar surface area (TPSA) is 55.6 Å². The van der Waals surface area contributed by atoms with Gasteiger partial charge >= 0.3 is 0 Å². The SMILES string of the molecule is Cc1nc([C@H]2CC[C@H](c3nnc4n3-c3ccccc3C(Cl)NC4)CC2)cs1. The predicted molar refractivity (Wildman–Crippen MR) is 108 cm³/mol. The van der Waals surface area contributed by atoms with Crippen molar-refractivity contribution in [3.8, 4) is 5.69 Å². The molecule has 0 bridgehead atoms. The van der Waals surface area contributed by atoms with Gasteiger partial charge in [0.15, 0.2) is 5.82 Å². The van der Waals surface area contributed by atoms with Gasteiger partial charge in [-0.15, -0.1) is 33.1 Å². The van der Waals surface area contributed by atoms with Gasteiger partial charge in [0.05, 0.1) is 22.9 Å². The van der Waals surface area contributed by atoms with Gasteiger partial charge in [0.1, 0.15) is 11.3 Å². The van der Waals surface area contributed by atoms with E-state index < -0.39 is 0 Å². The molecule has 3 heterocycles. The molecule has 1 aliphatic heterocycles. The minimum atomic E-state index is -0.209. The molecule has 3 aromatic rings. The Balaban J connectivity index is 1.44. The number of benzene rings is 1. The second kappa shape index (κ2) is 7.00. The van der Waals surface area contributed by atoms with Crippen LogP contribution in [-0.4, -0.2) is 19.7 Å². The van der Waals surface area contributed by atoms with E-state index in [4.69, 9.17) is 16.6 Å². The number of hydrogen-bond acceptors (Lipinski definition) is 5. The molecule has 0 amide bonds. The summed E-state index contributed by atoms with van der Waals surface area (Å²) in [6.45, 7) is 2.71. The summed E-state index contributed by atoms with van der Waals surface area (Å²) in [6, 6.07) is 8.30. The monoisotopic (exact) mass is 399 g/mol. The molecule has 1 N–H and O–H groups in total. The van der Waals surface area contributed by atoms with Crippen molar-refractivity contribution in [2.75, 3.05) is 0 Å². The summed E-state index contributed by atoms with van der Waals surface area (Å²) in [5.41, 5.74) is 3.26. The average molecular weight is 400 g/mol. The van der Waals surface area contributed by atoms with Crippen LogP contribution in [0.15, 0.2) is 29.6 Å². The van der Waals surface area contributed by atoms with Gasteiger partial charge in [0, 0.05) is 22.8 Å². The summed E-state index contributed by atoms with van der Waals surface area (Å²) in [5, 5.41) is 15.8. The van der Waals surface area contributed by atoms with Crippen molar-refractivity contribution < 1.29 is 0 Å². The Bertz CT molecular complexity index is 957. The first-order valence-electron chi connectivity index (χ1n) is 9.53. The van der Waals surface area contributed by atoms with Gasteiger partial charge in [-0.3, -0.25) is 9.88 Å². The number of alkyl halides is 1. The van der Waals surface area contributed by atoms with Gasteiger partial charge in [0.25, 0.3) is 0 Å². The van der Waals surface area contributed by atoms with E-state index in [0.717, 1.165) is 53.6 Å². The van der Waals surface area contributed by atoms with Gasteiger partial charge in [0.2, 0.25) is 0 Å². The van der Waals surface area contributed by atoms with E-state index in [-0.39, 0.29) is 5.50 Å². The normalized spacial score (nSPS) is 24.9. The molecule has 1 fully saturated rings. The first-order chi connectivity index (χ1) is 13.2. The molecule has 1 aromatic carbocycles. The largest absolute Gasteiger partial charge is 0.290 e. The van der Waals surface area contributed by atoms with Crippen LogP contribution in [0.25, 0.3) is 5.69 Å². The quantitative estimate of drug-likeness (QED) is 0.496. The number of halogens is 1. The number of aromatic nitrogens is 4. The van der Waals surface area contributed by atoms with Crippen molar-refractivity contribution in [2.24, 2.45) is 0 Å². The number of hydrogen-bond donors (Lipinski definition) is 1. The summed E-state index contributed by atoms with van der Waals surface area (Å²) in [6.07, 6.45) is 4.57. The summed E-state index contributed by atoms with van der Waals surface area (Å²) < 4.78 is 2.24. The second-order valence-corrected chi connectivity index (χ2v) is 8.95. The van der Waals surface area contributed by atoms with E-state index in [0.29, 0.717) is 18.4 Å². The Kier molecular flexibility index (Phi) is 4.50. The summed E-state index contributed by atoms with van der Waals surface area (Å²) in [5.74, 6) is 3.04. The molecule has 1 aliphatic carbocycles. The number of thiazole rings is 1. The molecule has 5 nitrogen and oxygen atoms in total. The van der Waals surface area contributed by atoms with Crippen LogP contribution < -0.4 is 5.32 Å². The third-order valence-corrected chi connectivity index (χ3v) is 6.97. The number of fused-ring (bicyclic) bond motifs is 3. The molecule has 1 atom stereocenters. The van der Waals surface area contributed by atoms with Crippen molar-refractivity contribution in [2.45, 2.75) is 56.5 Å². The van der Waals surface area contributed by atoms with E-state index in [9.17, 15) is 0 Å². The van der Waals surface area contributed by atoms with Gasteiger partial charge in [-0.1, -0.05) is 18.2 Å². The van der Waals surface area contributed by atoms with Gasteiger partial charge in [-0.05, 0) is 38.7 Å². The molecule has 0 spiro atoms. The number of nitrogens with one attached hydrogen (secondary N) is 1. The van der Waals surface area contributed by atoms with Crippen LogP contribution in [0.3, 0.4) is 0 Å². The molecular weight excluding hydrogens is 378 g/mol. The Morgan fingerprint density at radius 1 is 1.11 bits per heavy atom. The zero-order chi connectivity index (χ0) is 18.4. The summed E-state index contributed by atoms with van der Waals surface area (Å²) >= 11 is 8.30. The van der Waals surface area contributed by atoms with Gasteiger partial charge < -0.3 is 0 Å². The van der Waals surface area contributed by atoms with Crippen molar-refractivity contribution >= 4 is 22.9 Å². The lowest BCUT2D eigenvalue weighted by Gasteiger charge is -2.27. The van der Waals surface area contributed by atoms with Crippen LogP contribution in [-0.2, 0) is 6.54 Å². The standard InChI is InChI=1S/C20H22ClN5S/c1-12-23-16(11-27-12)13-6-8-14(9-7-13)20-25-24-18-10-22-19(21)15-4-2-3-5-17(15)26(18)20/h2-5,11,13-14,19,22H,6-10H2,1H3/t13-,14-,19?. The minimum Gasteiger partial charge on any atom is -0.290 e. The summed E-state index contributed by atoms with van der Waals surface area (Å²) in [4.78, 5) is 4.71. The van der Waals surface area contributed by atoms with E-state index >= 15 is 0 Å². The van der Waals surface area contributed by atoms with E-state index in [2.05, 4.69) is 50.6 Å². The van der Waals surface area contributed by atoms with Crippen LogP contribution in [0.4, 0.5) is 0 Å². The molecule has 2 aliphatic rings. The van der Waals surface area contributed by atoms with Crippen LogP contribution in [0, 0.1) is 6.92 Å². The maximum atomic E-state index is 6.55. The first kappa shape index (κ1) is 17.3. The lowest BCUT2D eigenvalue weighted by molar-refractivity contribution is 0.378. The van der Waals surface area contributed by atoms with E-state index in [1.54, 1.807) is 11.3 Å². The van der Waals surface area contributed by atoms with Crippen molar-refractivity contribution in [1.29, 1.82) is 0 Å². The third-order valence-electron chi connectivity index (χ3n) is 5.79. The molecule has 27 heavy (non-hydrogen) atoms. The fourth-order valence-corrected chi connectivity index (χ4v) is 5.34. The Hall–Kier alpha value is -1.76. The van der Waals surface area contributed by atoms with E-state index in [1.165, 1.54) is 5.69 Å². The predicted octanol–water partition coefficient (Wildman–Crippen LogP) is 4.81. The number of para-hydroxylation sites is 1. The highest BCUT2D eigenvalue weighted by Gasteiger charge is 2.31. The molecule has 1 unspecified atom stereocenters. The number of nitrogens with zero attached hydrogens (tertiary/aromatic N) is 4. The molecule has 7 heteroatoms. The highest BCUT2D eigenvalue weighted by atomic mass is 35.5. The minimum absolute atomic E-state index is 0.209. The number of aryl methyl sites for hydroxylation is 1. The zero-order valence-corrected chi connectivity index (χ0v) is 16.8. The third kappa shape index (κ3) is 3.10. The maximum absolute atomic E-state index is 6.55. The van der Waals surface area contributed by atoms with E-state index in [1.807, 2.05) is 6.07 Å². The highest BCUT2D eigenvalue weighted by Crippen LogP contribution is 2.41. The Morgan fingerprint density at radius 2 is 1.89 bits per heavy atom. The van der Waals surface area contributed by atoms with Gasteiger partial charge in [-0.2, -0.15) is 0 Å². The first-order valence-corrected chi connectivity index (χ1v) is 10.9. The molecule has 2 aromatic heterocycles. The molecule has 0 radical (unpaired) electrons. The highest BCUT2D eigenvalue weighted by molar-refractivity contribution is 7.09. The molecular formula is C20H22ClN5S. The molecule has 0 saturated heterocycles. The fourth-order valence-electron chi connectivity index (χ4n) is 4.38. The fraction of sp³-hybridized carbons (Fsp3) is 0.450. The van der Waals surface area contributed by atoms with Gasteiger partial charge in [-0.25, -0.2) is 4.98 Å². The lowest BCUT2D eigenvalue weighted by Crippen LogP contribution is -2.17. The summed E-state index contributed by atoms with van der Waals surface area (Å²) in [7, 11) is 0. The van der Waals surface area contributed by atoms with Crippen molar-refractivity contribution in [3.05, 3.63) is 57.6 Å². The molecule has 1 saturated carbocycles. The van der Waals surface area contributed by atoms with Crippen molar-refractivity contribution in [3.63, 3.8) is 0 Å². The average Bonchev–Trinajstić information content (AvgIpc) is 3.29. The Labute approximate surface area is 167 Å². The smallest absolute Gasteiger partial charge is 0.151 e.